The minimum Gasteiger partial charge on any atom is -0.480 e. The summed E-state index contributed by atoms with van der Waals surface area (Å²) in [5.74, 6) is -0.0297. The van der Waals surface area contributed by atoms with Gasteiger partial charge >= 0.3 is 5.97 Å². The van der Waals surface area contributed by atoms with Crippen molar-refractivity contribution in [2.45, 2.75) is 31.7 Å². The molecule has 0 spiro atoms. The van der Waals surface area contributed by atoms with Crippen molar-refractivity contribution in [1.29, 1.82) is 0 Å². The van der Waals surface area contributed by atoms with Gasteiger partial charge in [-0.2, -0.15) is 0 Å². The molecule has 21 heavy (non-hydrogen) atoms. The summed E-state index contributed by atoms with van der Waals surface area (Å²) >= 11 is 0. The number of hydrogen-bond donors (Lipinski definition) is 2. The monoisotopic (exact) mass is 290 g/mol. The van der Waals surface area contributed by atoms with Crippen molar-refractivity contribution in [3.63, 3.8) is 0 Å². The molecule has 0 saturated carbocycles. The topological polar surface area (TPSA) is 52.6 Å². The Balaban J connectivity index is 2.09. The average molecular weight is 290 g/mol. The second-order valence-corrected chi connectivity index (χ2v) is 5.94. The molecule has 0 aromatic heterocycles. The second kappa shape index (κ2) is 7.05. The quantitative estimate of drug-likeness (QED) is 0.809. The fraction of sp³-hybridized carbons (Fsp3) is 0.588. The minimum absolute atomic E-state index is 0.583. The summed E-state index contributed by atoms with van der Waals surface area (Å²) in [6.45, 7) is 5.24. The number of nitrogens with one attached hydrogen (secondary N) is 1. The van der Waals surface area contributed by atoms with Crippen molar-refractivity contribution < 1.29 is 9.90 Å². The summed E-state index contributed by atoms with van der Waals surface area (Å²) in [6, 6.07) is 9.49. The third-order valence-electron chi connectivity index (χ3n) is 4.81. The van der Waals surface area contributed by atoms with E-state index in [1.54, 1.807) is 7.05 Å². The van der Waals surface area contributed by atoms with Gasteiger partial charge in [-0.15, -0.1) is 0 Å². The van der Waals surface area contributed by atoms with Crippen LogP contribution in [-0.2, 0) is 10.3 Å². The fourth-order valence-electron chi connectivity index (χ4n) is 3.25. The summed E-state index contributed by atoms with van der Waals surface area (Å²) < 4.78 is 0. The first-order valence-electron chi connectivity index (χ1n) is 7.82. The highest BCUT2D eigenvalue weighted by Crippen LogP contribution is 2.27. The van der Waals surface area contributed by atoms with Crippen molar-refractivity contribution in [2.24, 2.45) is 5.92 Å². The van der Waals surface area contributed by atoms with Crippen molar-refractivity contribution in [3.8, 4) is 0 Å². The Morgan fingerprint density at radius 1 is 1.43 bits per heavy atom. The number of aliphatic carboxylic acids is 1. The lowest BCUT2D eigenvalue weighted by atomic mass is 9.86. The molecule has 0 bridgehead atoms. The SMILES string of the molecule is CCC1CCN(CCC(NC)(C(=O)O)c2ccccc2)C1. The largest absolute Gasteiger partial charge is 0.480 e. The molecule has 2 unspecified atom stereocenters. The molecular formula is C17H26N2O2. The molecule has 1 aliphatic rings. The van der Waals surface area contributed by atoms with Crippen LogP contribution in [0, 0.1) is 5.92 Å². The van der Waals surface area contributed by atoms with E-state index < -0.39 is 11.5 Å². The first-order chi connectivity index (χ1) is 10.1. The highest BCUT2D eigenvalue weighted by molar-refractivity contribution is 5.80. The summed E-state index contributed by atoms with van der Waals surface area (Å²) in [5, 5.41) is 12.8. The van der Waals surface area contributed by atoms with E-state index in [0.717, 1.165) is 31.1 Å². The summed E-state index contributed by atoms with van der Waals surface area (Å²) in [7, 11) is 1.74. The number of carbonyl (C=O) groups is 1. The molecule has 0 aliphatic carbocycles. The summed E-state index contributed by atoms with van der Waals surface area (Å²) in [5.41, 5.74) is -0.169. The van der Waals surface area contributed by atoms with E-state index in [1.165, 1.54) is 12.8 Å². The summed E-state index contributed by atoms with van der Waals surface area (Å²) in [4.78, 5) is 14.3. The van der Waals surface area contributed by atoms with Crippen LogP contribution in [0.4, 0.5) is 0 Å². The molecule has 2 rings (SSSR count). The van der Waals surface area contributed by atoms with Gasteiger partial charge in [0.1, 0.15) is 5.54 Å². The van der Waals surface area contributed by atoms with Gasteiger partial charge in [0.25, 0.3) is 0 Å². The predicted molar refractivity (Wildman–Crippen MR) is 84.3 cm³/mol. The van der Waals surface area contributed by atoms with Gasteiger partial charge in [0, 0.05) is 13.1 Å². The number of hydrogen-bond acceptors (Lipinski definition) is 3. The molecule has 116 valence electrons. The van der Waals surface area contributed by atoms with Crippen LogP contribution in [-0.4, -0.2) is 42.7 Å². The van der Waals surface area contributed by atoms with Gasteiger partial charge in [0.2, 0.25) is 0 Å². The zero-order valence-electron chi connectivity index (χ0n) is 13.0. The zero-order valence-corrected chi connectivity index (χ0v) is 13.0. The molecule has 1 aromatic rings. The highest BCUT2D eigenvalue weighted by Gasteiger charge is 2.39. The van der Waals surface area contributed by atoms with E-state index in [2.05, 4.69) is 17.1 Å². The summed E-state index contributed by atoms with van der Waals surface area (Å²) in [6.07, 6.45) is 3.03. The van der Waals surface area contributed by atoms with Crippen LogP contribution in [0.5, 0.6) is 0 Å². The second-order valence-electron chi connectivity index (χ2n) is 5.94. The van der Waals surface area contributed by atoms with Crippen LogP contribution < -0.4 is 5.32 Å². The van der Waals surface area contributed by atoms with E-state index in [9.17, 15) is 9.90 Å². The van der Waals surface area contributed by atoms with E-state index in [0.29, 0.717) is 6.42 Å². The van der Waals surface area contributed by atoms with Crippen LogP contribution in [0.3, 0.4) is 0 Å². The Hall–Kier alpha value is -1.39. The van der Waals surface area contributed by atoms with Crippen molar-refractivity contribution >= 4 is 5.97 Å². The maximum atomic E-state index is 11.9. The predicted octanol–water partition coefficient (Wildman–Crippen LogP) is 2.31. The lowest BCUT2D eigenvalue weighted by Gasteiger charge is -2.31. The van der Waals surface area contributed by atoms with Crippen LogP contribution in [0.25, 0.3) is 0 Å². The van der Waals surface area contributed by atoms with Crippen molar-refractivity contribution in [2.75, 3.05) is 26.7 Å². The molecule has 1 aromatic carbocycles. The van der Waals surface area contributed by atoms with E-state index in [-0.39, 0.29) is 0 Å². The Kier molecular flexibility index (Phi) is 5.37. The van der Waals surface area contributed by atoms with E-state index in [1.807, 2.05) is 30.3 Å². The number of carboxylic acid groups (broad SMARTS) is 1. The van der Waals surface area contributed by atoms with Gasteiger partial charge in [0.05, 0.1) is 0 Å². The molecule has 4 heteroatoms. The molecule has 2 N–H and O–H groups in total. The van der Waals surface area contributed by atoms with Gasteiger partial charge < -0.3 is 15.3 Å². The molecule has 0 amide bonds. The minimum atomic E-state index is -0.994. The number of likely N-dealkylation sites (N-methyl/N-ethyl adjacent to an activating group) is 1. The van der Waals surface area contributed by atoms with Crippen molar-refractivity contribution in [3.05, 3.63) is 35.9 Å². The maximum Gasteiger partial charge on any atom is 0.328 e. The Labute approximate surface area is 127 Å². The first-order valence-corrected chi connectivity index (χ1v) is 7.82. The Morgan fingerprint density at radius 3 is 2.67 bits per heavy atom. The van der Waals surface area contributed by atoms with Crippen LogP contribution in [0.2, 0.25) is 0 Å². The van der Waals surface area contributed by atoms with E-state index in [4.69, 9.17) is 0 Å². The molecule has 4 nitrogen and oxygen atoms in total. The maximum absolute atomic E-state index is 11.9. The number of nitrogens with zero attached hydrogens (tertiary/aromatic N) is 1. The molecule has 1 heterocycles. The lowest BCUT2D eigenvalue weighted by Crippen LogP contribution is -2.49. The Morgan fingerprint density at radius 2 is 2.14 bits per heavy atom. The normalized spacial score (nSPS) is 22.1. The van der Waals surface area contributed by atoms with E-state index >= 15 is 0 Å². The highest BCUT2D eigenvalue weighted by atomic mass is 16.4. The smallest absolute Gasteiger partial charge is 0.328 e. The first kappa shape index (κ1) is 16.0. The molecule has 0 radical (unpaired) electrons. The number of carboxylic acids is 1. The Bertz CT molecular complexity index is 463. The van der Waals surface area contributed by atoms with Crippen LogP contribution in [0.1, 0.15) is 31.7 Å². The number of likely N-dealkylation sites (tertiary alicyclic amines) is 1. The van der Waals surface area contributed by atoms with Gasteiger partial charge in [0.15, 0.2) is 0 Å². The van der Waals surface area contributed by atoms with Crippen LogP contribution >= 0.6 is 0 Å². The van der Waals surface area contributed by atoms with Gasteiger partial charge in [-0.05, 0) is 37.9 Å². The molecule has 1 aliphatic heterocycles. The standard InChI is InChI=1S/C17H26N2O2/c1-3-14-9-11-19(13-14)12-10-17(18-2,16(20)21)15-7-5-4-6-8-15/h4-8,14,18H,3,9-13H2,1-2H3,(H,20,21). The fourth-order valence-corrected chi connectivity index (χ4v) is 3.25. The van der Waals surface area contributed by atoms with Crippen molar-refractivity contribution in [1.82, 2.24) is 10.2 Å². The third kappa shape index (κ3) is 3.44. The number of rotatable bonds is 7. The molecule has 1 saturated heterocycles. The van der Waals surface area contributed by atoms with Gasteiger partial charge in [-0.3, -0.25) is 0 Å². The zero-order chi connectivity index (χ0) is 15.3. The molecule has 2 atom stereocenters. The lowest BCUT2D eigenvalue weighted by molar-refractivity contribution is -0.145. The van der Waals surface area contributed by atoms with Gasteiger partial charge in [-0.1, -0.05) is 43.7 Å². The molecular weight excluding hydrogens is 264 g/mol. The number of benzene rings is 1. The molecule has 1 fully saturated rings. The third-order valence-corrected chi connectivity index (χ3v) is 4.81. The average Bonchev–Trinajstić information content (AvgIpc) is 2.97. The van der Waals surface area contributed by atoms with Gasteiger partial charge in [-0.25, -0.2) is 4.79 Å². The van der Waals surface area contributed by atoms with Crippen LogP contribution in [0.15, 0.2) is 30.3 Å².